The Labute approximate surface area is 239 Å². The van der Waals surface area contributed by atoms with E-state index in [1.54, 1.807) is 30.1 Å². The van der Waals surface area contributed by atoms with E-state index in [-0.39, 0.29) is 36.6 Å². The maximum Gasteiger partial charge on any atom is 0.256 e. The summed E-state index contributed by atoms with van der Waals surface area (Å²) in [5.74, 6) is -1.02. The highest BCUT2D eigenvalue weighted by Crippen LogP contribution is 2.48. The van der Waals surface area contributed by atoms with Crippen molar-refractivity contribution in [1.29, 1.82) is 0 Å². The Hall–Kier alpha value is -2.17. The molecule has 3 aliphatic heterocycles. The molecule has 12 nitrogen and oxygen atoms in total. The predicted molar refractivity (Wildman–Crippen MR) is 146 cm³/mol. The number of amides is 2. The molecule has 6 N–H and O–H groups in total. The minimum atomic E-state index is -3.44. The second-order valence-corrected chi connectivity index (χ2v) is 15.6. The lowest BCUT2D eigenvalue weighted by Crippen LogP contribution is -2.60. The van der Waals surface area contributed by atoms with E-state index in [0.717, 1.165) is 6.42 Å². The Morgan fingerprint density at radius 1 is 1.20 bits per heavy atom. The number of hydrogen-bond donors (Lipinski definition) is 6. The zero-order chi connectivity index (χ0) is 30.2. The number of fused-ring (bicyclic) bond motifs is 1. The van der Waals surface area contributed by atoms with Crippen molar-refractivity contribution in [3.05, 3.63) is 23.8 Å². The summed E-state index contributed by atoms with van der Waals surface area (Å²) >= 11 is 0. The highest BCUT2D eigenvalue weighted by atomic mass is 28.4. The van der Waals surface area contributed by atoms with E-state index in [4.69, 9.17) is 14.2 Å². The van der Waals surface area contributed by atoms with Gasteiger partial charge in [0.25, 0.3) is 5.91 Å². The zero-order valence-electron chi connectivity index (χ0n) is 23.6. The van der Waals surface area contributed by atoms with E-state index in [9.17, 15) is 35.1 Å². The van der Waals surface area contributed by atoms with E-state index in [1.807, 2.05) is 6.92 Å². The summed E-state index contributed by atoms with van der Waals surface area (Å²) in [7, 11) is -1.94. The van der Waals surface area contributed by atoms with Gasteiger partial charge < -0.3 is 54.1 Å². The van der Waals surface area contributed by atoms with E-state index < -0.39 is 62.8 Å². The van der Waals surface area contributed by atoms with Gasteiger partial charge in [-0.25, -0.2) is 0 Å². The number of benzene rings is 1. The van der Waals surface area contributed by atoms with Crippen LogP contribution in [0.5, 0.6) is 5.75 Å². The van der Waals surface area contributed by atoms with Crippen molar-refractivity contribution in [2.75, 3.05) is 25.6 Å². The number of hydrogen-bond acceptors (Lipinski definition) is 10. The minimum Gasteiger partial charge on any atom is -0.490 e. The minimum absolute atomic E-state index is 0.0444. The van der Waals surface area contributed by atoms with Crippen LogP contribution in [0.2, 0.25) is 18.6 Å². The number of anilines is 1. The molecule has 10 atom stereocenters. The van der Waals surface area contributed by atoms with Crippen LogP contribution in [0.4, 0.5) is 9.80 Å². The van der Waals surface area contributed by atoms with E-state index in [0.29, 0.717) is 24.3 Å². The van der Waals surface area contributed by atoms with Crippen molar-refractivity contribution >= 4 is 25.9 Å². The highest BCUT2D eigenvalue weighted by Gasteiger charge is 2.50. The fraction of sp³-hybridized carbons (Fsp3) is 0.704. The average Bonchev–Trinajstić information content (AvgIpc) is 3.41. The molecular formula is C27H41FN2O10Si. The number of nitrogens with zero attached hydrogens (tertiary/aromatic N) is 1. The normalized spacial score (nSPS) is 34.5. The summed E-state index contributed by atoms with van der Waals surface area (Å²) < 4.78 is 33.0. The number of ether oxygens (including phenoxy) is 3. The number of aliphatic hydroxyl groups excluding tert-OH is 5. The molecular weight excluding hydrogens is 559 g/mol. The van der Waals surface area contributed by atoms with E-state index >= 15 is 4.11 Å². The molecule has 0 aromatic heterocycles. The molecule has 0 radical (unpaired) electrons. The van der Waals surface area contributed by atoms with Crippen molar-refractivity contribution in [3.63, 3.8) is 0 Å². The van der Waals surface area contributed by atoms with Crippen LogP contribution in [0.1, 0.15) is 37.9 Å². The molecule has 2 saturated heterocycles. The quantitative estimate of drug-likeness (QED) is 0.181. The largest absolute Gasteiger partial charge is 0.490 e. The number of nitrogens with one attached hydrogen (secondary N) is 1. The molecule has 14 heteroatoms. The van der Waals surface area contributed by atoms with Gasteiger partial charge in [0.1, 0.15) is 30.2 Å². The topological polar surface area (TPSA) is 178 Å². The molecule has 0 bridgehead atoms. The number of carbonyl (C=O) groups is 2. The molecule has 1 unspecified atom stereocenters. The molecule has 1 aromatic carbocycles. The maximum absolute atomic E-state index is 15.8. The Morgan fingerprint density at radius 3 is 2.54 bits per heavy atom. The first-order valence-corrected chi connectivity index (χ1v) is 16.8. The first-order chi connectivity index (χ1) is 19.3. The van der Waals surface area contributed by atoms with Crippen molar-refractivity contribution in [1.82, 2.24) is 4.90 Å². The summed E-state index contributed by atoms with van der Waals surface area (Å²) in [5.41, 5.74) is 0.179. The number of halogens is 1. The third kappa shape index (κ3) is 6.44. The number of rotatable bonds is 8. The van der Waals surface area contributed by atoms with Crippen LogP contribution < -0.4 is 10.1 Å². The van der Waals surface area contributed by atoms with Gasteiger partial charge in [-0.2, -0.15) is 0 Å². The summed E-state index contributed by atoms with van der Waals surface area (Å²) in [6.07, 6.45) is -8.61. The Morgan fingerprint density at radius 2 is 1.90 bits per heavy atom. The second kappa shape index (κ2) is 12.6. The van der Waals surface area contributed by atoms with Gasteiger partial charge in [-0.15, -0.1) is 0 Å². The third-order valence-electron chi connectivity index (χ3n) is 8.52. The number of aliphatic hydroxyl groups is 5. The third-order valence-corrected chi connectivity index (χ3v) is 10.8. The lowest BCUT2D eigenvalue weighted by atomic mass is 9.86. The molecule has 1 aromatic rings. The monoisotopic (exact) mass is 600 g/mol. The van der Waals surface area contributed by atoms with Gasteiger partial charge in [-0.3, -0.25) is 9.59 Å². The molecule has 230 valence electrons. The van der Waals surface area contributed by atoms with Crippen LogP contribution in [-0.2, 0) is 19.1 Å². The fourth-order valence-corrected chi connectivity index (χ4v) is 7.97. The zero-order valence-corrected chi connectivity index (χ0v) is 24.6. The SMILES string of the molecule is CO[C@@H]1c2cc(NC(=O)[C@H]3O[C@@H](O)[C@H](O)[C@@H](O)[C@@H]3O)ccc2O[C@H](C(CC(=O)N2CCC[C@H]2CO)[Si](C)(C)F)[C@H]1C. The molecule has 3 aliphatic rings. The average molecular weight is 601 g/mol. The Bertz CT molecular complexity index is 1110. The van der Waals surface area contributed by atoms with Crippen LogP contribution in [0, 0.1) is 5.92 Å². The van der Waals surface area contributed by atoms with Gasteiger partial charge in [0, 0.05) is 42.8 Å². The summed E-state index contributed by atoms with van der Waals surface area (Å²) in [5, 5.41) is 51.7. The predicted octanol–water partition coefficient (Wildman–Crippen LogP) is 0.428. The first-order valence-electron chi connectivity index (χ1n) is 13.9. The molecule has 0 spiro atoms. The van der Waals surface area contributed by atoms with Gasteiger partial charge in [0.05, 0.1) is 18.8 Å². The van der Waals surface area contributed by atoms with Crippen LogP contribution in [0.3, 0.4) is 0 Å². The van der Waals surface area contributed by atoms with Crippen molar-refractivity contribution in [3.8, 4) is 5.75 Å². The van der Waals surface area contributed by atoms with Crippen LogP contribution in [0.25, 0.3) is 0 Å². The molecule has 0 aliphatic carbocycles. The lowest BCUT2D eigenvalue weighted by Gasteiger charge is -2.43. The van der Waals surface area contributed by atoms with Gasteiger partial charge in [0.2, 0.25) is 14.3 Å². The standard InChI is InChI=1S/C27H41FN2O10Si/c1-13-23(38-2)16-10-14(29-26(36)25-21(34)20(33)22(35)27(37)40-25)7-8-17(16)39-24(13)18(41(3,4)28)11-19(32)30-9-5-6-15(30)12-31/h7-8,10,13,15,18,20-25,27,31,33-35,37H,5-6,9,11-12H2,1-4H3,(H,29,36)/t13-,15-,18?,20-,21-,22+,23-,24-,25-,27+/m0/s1. The number of likely N-dealkylation sites (tertiary alicyclic amines) is 1. The first kappa shape index (κ1) is 31.8. The van der Waals surface area contributed by atoms with Crippen LogP contribution in [-0.4, -0.2) is 114 Å². The van der Waals surface area contributed by atoms with Gasteiger partial charge in [-0.1, -0.05) is 6.92 Å². The Balaban J connectivity index is 1.54. The molecule has 2 fully saturated rings. The van der Waals surface area contributed by atoms with Crippen molar-refractivity contribution in [2.45, 2.75) is 93.8 Å². The van der Waals surface area contributed by atoms with Gasteiger partial charge in [-0.05, 0) is 44.1 Å². The summed E-state index contributed by atoms with van der Waals surface area (Å²) in [4.78, 5) is 27.7. The lowest BCUT2D eigenvalue weighted by molar-refractivity contribution is -0.274. The van der Waals surface area contributed by atoms with E-state index in [1.165, 1.54) is 13.2 Å². The maximum atomic E-state index is 15.8. The molecule has 0 saturated carbocycles. The highest BCUT2D eigenvalue weighted by molar-refractivity contribution is 6.72. The molecule has 41 heavy (non-hydrogen) atoms. The summed E-state index contributed by atoms with van der Waals surface area (Å²) in [6.45, 7) is 5.37. The molecule has 4 rings (SSSR count). The smallest absolute Gasteiger partial charge is 0.256 e. The fourth-order valence-electron chi connectivity index (χ4n) is 6.16. The van der Waals surface area contributed by atoms with Gasteiger partial charge in [0.15, 0.2) is 12.4 Å². The van der Waals surface area contributed by atoms with Crippen molar-refractivity contribution < 1.29 is 53.4 Å². The van der Waals surface area contributed by atoms with Crippen LogP contribution >= 0.6 is 0 Å². The second-order valence-electron chi connectivity index (χ2n) is 11.7. The van der Waals surface area contributed by atoms with Crippen LogP contribution in [0.15, 0.2) is 18.2 Å². The number of methoxy groups -OCH3 is 1. The molecule has 3 heterocycles. The van der Waals surface area contributed by atoms with Gasteiger partial charge >= 0.3 is 0 Å². The molecule has 2 amide bonds. The van der Waals surface area contributed by atoms with Crippen molar-refractivity contribution in [2.24, 2.45) is 5.92 Å². The summed E-state index contributed by atoms with van der Waals surface area (Å²) in [6, 6.07) is 4.48. The Kier molecular flexibility index (Phi) is 9.75. The van der Waals surface area contributed by atoms with E-state index in [2.05, 4.69) is 5.32 Å². The number of carbonyl (C=O) groups excluding carboxylic acids is 2.